The smallest absolute Gasteiger partial charge is 0.372 e. The van der Waals surface area contributed by atoms with E-state index in [1.54, 1.807) is 43.3 Å². The highest BCUT2D eigenvalue weighted by Gasteiger charge is 2.21. The van der Waals surface area contributed by atoms with Gasteiger partial charge in [-0.15, -0.1) is 0 Å². The third-order valence-electron chi connectivity index (χ3n) is 4.23. The molecule has 7 nitrogen and oxygen atoms in total. The van der Waals surface area contributed by atoms with E-state index in [0.717, 1.165) is 4.47 Å². The highest BCUT2D eigenvalue weighted by atomic mass is 79.9. The first-order chi connectivity index (χ1) is 13.9. The molecule has 29 heavy (non-hydrogen) atoms. The molecule has 0 aliphatic rings. The first-order valence-electron chi connectivity index (χ1n) is 8.82. The van der Waals surface area contributed by atoms with Crippen molar-refractivity contribution >= 4 is 38.8 Å². The van der Waals surface area contributed by atoms with Gasteiger partial charge in [-0.05, 0) is 31.2 Å². The summed E-state index contributed by atoms with van der Waals surface area (Å²) in [6, 6.07) is 10.3. The number of esters is 1. The van der Waals surface area contributed by atoms with Crippen LogP contribution in [0.2, 0.25) is 0 Å². The van der Waals surface area contributed by atoms with Crippen molar-refractivity contribution in [3.05, 3.63) is 57.8 Å². The third-order valence-corrected chi connectivity index (χ3v) is 4.73. The molecule has 0 fully saturated rings. The van der Waals surface area contributed by atoms with Gasteiger partial charge in [0.25, 0.3) is 0 Å². The fraction of sp³-hybridized carbons (Fsp3) is 0.238. The molecule has 3 aromatic rings. The molecular formula is C21H19BrO7. The molecule has 0 unspecified atom stereocenters. The minimum Gasteiger partial charge on any atom is -0.497 e. The number of carbonyl (C=O) groups is 2. The SMILES string of the molecule is CCOC(=O)Cc1ccc(OC)cc1OCc1c(C(=O)O)oc2ccc(Br)cc12. The molecule has 0 saturated carbocycles. The number of methoxy groups -OCH3 is 1. The summed E-state index contributed by atoms with van der Waals surface area (Å²) in [6.07, 6.45) is 0.0244. The molecule has 0 spiro atoms. The predicted molar refractivity (Wildman–Crippen MR) is 109 cm³/mol. The van der Waals surface area contributed by atoms with Gasteiger partial charge >= 0.3 is 11.9 Å². The second-order valence-electron chi connectivity index (χ2n) is 6.10. The van der Waals surface area contributed by atoms with Crippen LogP contribution in [0.4, 0.5) is 0 Å². The average molecular weight is 463 g/mol. The van der Waals surface area contributed by atoms with E-state index in [1.165, 1.54) is 7.11 Å². The Morgan fingerprint density at radius 2 is 1.97 bits per heavy atom. The molecule has 0 aliphatic heterocycles. The molecule has 0 bridgehead atoms. The number of carboxylic acids is 1. The second-order valence-corrected chi connectivity index (χ2v) is 7.02. The number of hydrogen-bond donors (Lipinski definition) is 1. The van der Waals surface area contributed by atoms with Gasteiger partial charge in [-0.2, -0.15) is 0 Å². The maximum Gasteiger partial charge on any atom is 0.372 e. The van der Waals surface area contributed by atoms with Crippen molar-refractivity contribution in [2.24, 2.45) is 0 Å². The number of halogens is 1. The zero-order chi connectivity index (χ0) is 21.0. The van der Waals surface area contributed by atoms with Gasteiger partial charge in [0, 0.05) is 21.5 Å². The molecule has 1 heterocycles. The van der Waals surface area contributed by atoms with E-state index in [-0.39, 0.29) is 31.4 Å². The number of carboxylic acid groups (broad SMARTS) is 1. The molecule has 0 radical (unpaired) electrons. The fourth-order valence-electron chi connectivity index (χ4n) is 2.90. The van der Waals surface area contributed by atoms with Gasteiger partial charge in [0.1, 0.15) is 23.7 Å². The van der Waals surface area contributed by atoms with Crippen LogP contribution in [0.25, 0.3) is 11.0 Å². The number of aromatic carboxylic acids is 1. The fourth-order valence-corrected chi connectivity index (χ4v) is 3.26. The molecule has 0 aliphatic carbocycles. The Balaban J connectivity index is 1.94. The van der Waals surface area contributed by atoms with Crippen LogP contribution < -0.4 is 9.47 Å². The quantitative estimate of drug-likeness (QED) is 0.489. The Bertz CT molecular complexity index is 1050. The summed E-state index contributed by atoms with van der Waals surface area (Å²) in [4.78, 5) is 23.5. The molecule has 8 heteroatoms. The maximum absolute atomic E-state index is 11.9. The lowest BCUT2D eigenvalue weighted by atomic mass is 10.1. The Labute approximate surface area is 175 Å². The monoisotopic (exact) mass is 462 g/mol. The van der Waals surface area contributed by atoms with Gasteiger partial charge < -0.3 is 23.7 Å². The molecule has 2 aromatic carbocycles. The summed E-state index contributed by atoms with van der Waals surface area (Å²) in [5, 5.41) is 10.1. The number of fused-ring (bicyclic) bond motifs is 1. The Morgan fingerprint density at radius 1 is 1.17 bits per heavy atom. The normalized spacial score (nSPS) is 10.7. The molecule has 1 aromatic heterocycles. The summed E-state index contributed by atoms with van der Waals surface area (Å²) in [7, 11) is 1.52. The molecule has 0 saturated heterocycles. The molecule has 3 rings (SSSR count). The van der Waals surface area contributed by atoms with E-state index in [0.29, 0.717) is 33.6 Å². The van der Waals surface area contributed by atoms with Crippen molar-refractivity contribution in [3.63, 3.8) is 0 Å². The van der Waals surface area contributed by atoms with Gasteiger partial charge in [-0.1, -0.05) is 22.0 Å². The van der Waals surface area contributed by atoms with Crippen LogP contribution in [-0.4, -0.2) is 30.8 Å². The summed E-state index contributed by atoms with van der Waals surface area (Å²) in [5.41, 5.74) is 1.45. The highest BCUT2D eigenvalue weighted by molar-refractivity contribution is 9.10. The van der Waals surface area contributed by atoms with Gasteiger partial charge in [0.2, 0.25) is 5.76 Å². The summed E-state index contributed by atoms with van der Waals surface area (Å²) in [6.45, 7) is 1.95. The lowest BCUT2D eigenvalue weighted by Gasteiger charge is -2.13. The summed E-state index contributed by atoms with van der Waals surface area (Å²) < 4.78 is 22.4. The van der Waals surface area contributed by atoms with Crippen molar-refractivity contribution in [1.82, 2.24) is 0 Å². The first-order valence-corrected chi connectivity index (χ1v) is 9.61. The second kappa shape index (κ2) is 9.00. The minimum atomic E-state index is -1.19. The van der Waals surface area contributed by atoms with Crippen molar-refractivity contribution < 1.29 is 33.3 Å². The van der Waals surface area contributed by atoms with Crippen molar-refractivity contribution in [2.45, 2.75) is 20.0 Å². The number of benzene rings is 2. The lowest BCUT2D eigenvalue weighted by Crippen LogP contribution is -2.10. The van der Waals surface area contributed by atoms with Crippen LogP contribution in [0, 0.1) is 0 Å². The zero-order valence-corrected chi connectivity index (χ0v) is 17.4. The maximum atomic E-state index is 11.9. The van der Waals surface area contributed by atoms with Crippen LogP contribution in [0.5, 0.6) is 11.5 Å². The van der Waals surface area contributed by atoms with Crippen LogP contribution >= 0.6 is 15.9 Å². The third kappa shape index (κ3) is 4.71. The Kier molecular flexibility index (Phi) is 6.43. The number of ether oxygens (including phenoxy) is 3. The average Bonchev–Trinajstić information content (AvgIpc) is 3.05. The van der Waals surface area contributed by atoms with E-state index in [1.807, 2.05) is 0 Å². The molecule has 0 amide bonds. The van der Waals surface area contributed by atoms with E-state index in [9.17, 15) is 14.7 Å². The topological polar surface area (TPSA) is 95.2 Å². The summed E-state index contributed by atoms with van der Waals surface area (Å²) in [5.74, 6) is -0.809. The van der Waals surface area contributed by atoms with Crippen LogP contribution in [0.1, 0.15) is 28.6 Å². The Morgan fingerprint density at radius 3 is 2.66 bits per heavy atom. The van der Waals surface area contributed by atoms with Gasteiger partial charge in [-0.25, -0.2) is 4.79 Å². The van der Waals surface area contributed by atoms with Crippen molar-refractivity contribution in [3.8, 4) is 11.5 Å². The van der Waals surface area contributed by atoms with Crippen LogP contribution in [-0.2, 0) is 22.6 Å². The zero-order valence-electron chi connectivity index (χ0n) is 15.9. The van der Waals surface area contributed by atoms with Crippen molar-refractivity contribution in [2.75, 3.05) is 13.7 Å². The first kappa shape index (κ1) is 20.7. The van der Waals surface area contributed by atoms with Gasteiger partial charge in [0.05, 0.1) is 25.7 Å². The number of furan rings is 1. The van der Waals surface area contributed by atoms with Crippen LogP contribution in [0.3, 0.4) is 0 Å². The number of rotatable bonds is 8. The highest BCUT2D eigenvalue weighted by Crippen LogP contribution is 2.32. The van der Waals surface area contributed by atoms with Crippen molar-refractivity contribution in [1.29, 1.82) is 0 Å². The Hall–Kier alpha value is -3.00. The molecule has 1 N–H and O–H groups in total. The predicted octanol–water partition coefficient (Wildman–Crippen LogP) is 4.59. The van der Waals surface area contributed by atoms with Crippen LogP contribution in [0.15, 0.2) is 45.3 Å². The van der Waals surface area contributed by atoms with Gasteiger partial charge in [0.15, 0.2) is 0 Å². The summed E-state index contributed by atoms with van der Waals surface area (Å²) >= 11 is 3.38. The largest absolute Gasteiger partial charge is 0.497 e. The molecular weight excluding hydrogens is 444 g/mol. The standard InChI is InChI=1S/C21H19BrO7/c1-3-27-19(23)8-12-4-6-14(26-2)10-18(12)28-11-16-15-9-13(22)5-7-17(15)29-20(16)21(24)25/h4-7,9-10H,3,8,11H2,1-2H3,(H,24,25). The van der Waals surface area contributed by atoms with Gasteiger partial charge in [-0.3, -0.25) is 4.79 Å². The van der Waals surface area contributed by atoms with E-state index < -0.39 is 5.97 Å². The van der Waals surface area contributed by atoms with E-state index >= 15 is 0 Å². The lowest BCUT2D eigenvalue weighted by molar-refractivity contribution is -0.142. The molecule has 0 atom stereocenters. The minimum absolute atomic E-state index is 0.0244. The van der Waals surface area contributed by atoms with E-state index in [4.69, 9.17) is 18.6 Å². The van der Waals surface area contributed by atoms with E-state index in [2.05, 4.69) is 15.9 Å². The number of hydrogen-bond acceptors (Lipinski definition) is 6. The molecule has 152 valence electrons. The number of carbonyl (C=O) groups excluding carboxylic acids is 1.